The summed E-state index contributed by atoms with van der Waals surface area (Å²) in [5.74, 6) is 0.143. The van der Waals surface area contributed by atoms with Gasteiger partial charge in [-0.15, -0.1) is 0 Å². The normalized spacial score (nSPS) is 17.2. The number of amides is 3. The Morgan fingerprint density at radius 1 is 0.879 bits per heavy atom. The lowest BCUT2D eigenvalue weighted by Gasteiger charge is -2.38. The van der Waals surface area contributed by atoms with E-state index in [1.54, 1.807) is 0 Å². The van der Waals surface area contributed by atoms with Crippen molar-refractivity contribution in [3.05, 3.63) is 41.2 Å². The zero-order valence-electron chi connectivity index (χ0n) is 19.6. The van der Waals surface area contributed by atoms with E-state index in [9.17, 15) is 9.59 Å². The molecule has 2 aliphatic rings. The van der Waals surface area contributed by atoms with Crippen molar-refractivity contribution in [3.8, 4) is 0 Å². The van der Waals surface area contributed by atoms with Crippen LogP contribution in [-0.4, -0.2) is 80.5 Å². The second-order valence-electron chi connectivity index (χ2n) is 9.21. The van der Waals surface area contributed by atoms with E-state index in [-0.39, 0.29) is 11.9 Å². The molecule has 2 saturated heterocycles. The number of aromatic nitrogens is 3. The van der Waals surface area contributed by atoms with Crippen molar-refractivity contribution >= 4 is 28.5 Å². The zero-order valence-corrected chi connectivity index (χ0v) is 19.6. The van der Waals surface area contributed by atoms with Crippen LogP contribution in [0.15, 0.2) is 24.3 Å². The molecule has 0 atom stereocenters. The summed E-state index contributed by atoms with van der Waals surface area (Å²) in [6, 6.07) is 8.17. The van der Waals surface area contributed by atoms with Gasteiger partial charge in [0.25, 0.3) is 0 Å². The fourth-order valence-corrected chi connectivity index (χ4v) is 5.16. The highest BCUT2D eigenvalue weighted by Crippen LogP contribution is 2.23. The van der Waals surface area contributed by atoms with Gasteiger partial charge in [-0.05, 0) is 57.2 Å². The van der Waals surface area contributed by atoms with Gasteiger partial charge < -0.3 is 14.7 Å². The van der Waals surface area contributed by atoms with Crippen LogP contribution in [0.3, 0.4) is 0 Å². The molecule has 0 aliphatic carbocycles. The minimum atomic E-state index is 0.138. The molecule has 2 aliphatic heterocycles. The monoisotopic (exact) mass is 448 g/mol. The predicted octanol–water partition coefficient (Wildman–Crippen LogP) is 3.18. The molecule has 4 heterocycles. The zero-order chi connectivity index (χ0) is 22.9. The Bertz CT molecular complexity index is 1190. The number of benzene rings is 1. The van der Waals surface area contributed by atoms with Gasteiger partial charge in [0.15, 0.2) is 5.65 Å². The van der Waals surface area contributed by atoms with Crippen LogP contribution in [0.4, 0.5) is 4.79 Å². The Balaban J connectivity index is 1.21. The molecule has 0 N–H and O–H groups in total. The number of hydrogen-bond acceptors (Lipinski definition) is 4. The van der Waals surface area contributed by atoms with Gasteiger partial charge in [-0.2, -0.15) is 5.10 Å². The summed E-state index contributed by atoms with van der Waals surface area (Å²) in [5.41, 5.74) is 4.87. The second kappa shape index (κ2) is 9.00. The average Bonchev–Trinajstić information content (AvgIpc) is 3.23. The van der Waals surface area contributed by atoms with Crippen molar-refractivity contribution in [1.29, 1.82) is 0 Å². The van der Waals surface area contributed by atoms with E-state index < -0.39 is 0 Å². The maximum Gasteiger partial charge on any atom is 0.320 e. The third-order valence-corrected chi connectivity index (χ3v) is 7.14. The molecule has 3 aromatic rings. The summed E-state index contributed by atoms with van der Waals surface area (Å²) < 4.78 is 1.91. The Hall–Kier alpha value is -3.16. The van der Waals surface area contributed by atoms with Crippen molar-refractivity contribution in [2.75, 3.05) is 39.3 Å². The van der Waals surface area contributed by atoms with Gasteiger partial charge in [-0.1, -0.05) is 12.1 Å². The lowest BCUT2D eigenvalue weighted by atomic mass is 10.1. The number of hydrogen-bond donors (Lipinski definition) is 0. The Morgan fingerprint density at radius 2 is 1.55 bits per heavy atom. The number of aryl methyl sites for hydroxylation is 2. The van der Waals surface area contributed by atoms with Crippen LogP contribution < -0.4 is 0 Å². The number of urea groups is 1. The number of fused-ring (bicyclic) bond motifs is 3. The average molecular weight is 449 g/mol. The van der Waals surface area contributed by atoms with E-state index in [1.807, 2.05) is 50.4 Å². The highest BCUT2D eigenvalue weighted by Gasteiger charge is 2.28. The van der Waals surface area contributed by atoms with Crippen LogP contribution >= 0.6 is 0 Å². The third kappa shape index (κ3) is 4.14. The minimum Gasteiger partial charge on any atom is -0.339 e. The molecule has 3 amide bonds. The molecule has 0 saturated carbocycles. The number of piperazine rings is 1. The fraction of sp³-hybridized carbons (Fsp3) is 0.520. The number of rotatable bonds is 3. The highest BCUT2D eigenvalue weighted by atomic mass is 16.2. The van der Waals surface area contributed by atoms with Crippen LogP contribution in [0.25, 0.3) is 16.6 Å². The van der Waals surface area contributed by atoms with Crippen molar-refractivity contribution in [1.82, 2.24) is 29.3 Å². The molecule has 1 aromatic carbocycles. The largest absolute Gasteiger partial charge is 0.339 e. The predicted molar refractivity (Wildman–Crippen MR) is 127 cm³/mol. The van der Waals surface area contributed by atoms with Gasteiger partial charge in [0.05, 0.1) is 5.52 Å². The number of carbonyl (C=O) groups is 2. The summed E-state index contributed by atoms with van der Waals surface area (Å²) in [6.45, 7) is 8.25. The van der Waals surface area contributed by atoms with Gasteiger partial charge in [0.2, 0.25) is 5.91 Å². The Kier molecular flexibility index (Phi) is 5.91. The topological polar surface area (TPSA) is 74.0 Å². The molecule has 174 valence electrons. The van der Waals surface area contributed by atoms with E-state index in [0.717, 1.165) is 59.4 Å². The van der Waals surface area contributed by atoms with E-state index in [1.165, 1.54) is 6.42 Å². The molecule has 2 fully saturated rings. The van der Waals surface area contributed by atoms with Gasteiger partial charge in [0, 0.05) is 62.5 Å². The van der Waals surface area contributed by atoms with Crippen molar-refractivity contribution in [3.63, 3.8) is 0 Å². The summed E-state index contributed by atoms with van der Waals surface area (Å²) in [6.07, 6.45) is 4.49. The van der Waals surface area contributed by atoms with Crippen molar-refractivity contribution in [2.45, 2.75) is 46.0 Å². The van der Waals surface area contributed by atoms with Gasteiger partial charge >= 0.3 is 6.03 Å². The van der Waals surface area contributed by atoms with Crippen LogP contribution in [0.1, 0.15) is 42.6 Å². The van der Waals surface area contributed by atoms with Gasteiger partial charge in [-0.25, -0.2) is 14.3 Å². The lowest BCUT2D eigenvalue weighted by molar-refractivity contribution is -0.132. The van der Waals surface area contributed by atoms with Crippen molar-refractivity contribution in [2.24, 2.45) is 0 Å². The summed E-state index contributed by atoms with van der Waals surface area (Å²) >= 11 is 0. The highest BCUT2D eigenvalue weighted by molar-refractivity contribution is 5.92. The Labute approximate surface area is 194 Å². The van der Waals surface area contributed by atoms with E-state index in [0.29, 0.717) is 39.0 Å². The smallest absolute Gasteiger partial charge is 0.320 e. The van der Waals surface area contributed by atoms with Crippen LogP contribution in [0.5, 0.6) is 0 Å². The van der Waals surface area contributed by atoms with Gasteiger partial charge in [-0.3, -0.25) is 4.79 Å². The number of piperidine rings is 1. The quantitative estimate of drug-likeness (QED) is 0.617. The molecule has 0 bridgehead atoms. The molecule has 33 heavy (non-hydrogen) atoms. The van der Waals surface area contributed by atoms with Crippen LogP contribution in [0, 0.1) is 13.8 Å². The molecular weight excluding hydrogens is 416 g/mol. The molecule has 8 heteroatoms. The maximum absolute atomic E-state index is 12.9. The second-order valence-corrected chi connectivity index (χ2v) is 9.21. The number of likely N-dealkylation sites (tertiary alicyclic amines) is 1. The maximum atomic E-state index is 12.9. The first kappa shape index (κ1) is 21.7. The lowest BCUT2D eigenvalue weighted by Crippen LogP contribution is -2.54. The standard InChI is InChI=1S/C25H32N6O2/c1-18-20(19(2)31-24(26-18)21-8-4-5-9-22(21)27-31)10-11-23(32)28-14-16-30(17-15-28)25(33)29-12-6-3-7-13-29/h4-5,8-9H,3,6-7,10-17H2,1-2H3. The number of carbonyl (C=O) groups excluding carboxylic acids is 2. The van der Waals surface area contributed by atoms with Gasteiger partial charge in [0.1, 0.15) is 0 Å². The summed E-state index contributed by atoms with van der Waals surface area (Å²) in [7, 11) is 0. The van der Waals surface area contributed by atoms with Crippen molar-refractivity contribution < 1.29 is 9.59 Å². The van der Waals surface area contributed by atoms with Crippen LogP contribution in [-0.2, 0) is 11.2 Å². The van der Waals surface area contributed by atoms with Crippen LogP contribution in [0.2, 0.25) is 0 Å². The molecule has 5 rings (SSSR count). The summed E-state index contributed by atoms with van der Waals surface area (Å²) in [5, 5.41) is 5.76. The SMILES string of the molecule is Cc1nc2c3ccccc3nn2c(C)c1CCC(=O)N1CCN(C(=O)N2CCCCC2)CC1. The van der Waals surface area contributed by atoms with E-state index in [4.69, 9.17) is 10.1 Å². The molecule has 0 spiro atoms. The third-order valence-electron chi connectivity index (χ3n) is 7.14. The Morgan fingerprint density at radius 3 is 2.30 bits per heavy atom. The van der Waals surface area contributed by atoms with E-state index in [2.05, 4.69) is 6.92 Å². The molecule has 0 radical (unpaired) electrons. The first-order chi connectivity index (χ1) is 16.0. The van der Waals surface area contributed by atoms with E-state index >= 15 is 0 Å². The molecule has 0 unspecified atom stereocenters. The number of nitrogens with zero attached hydrogens (tertiary/aromatic N) is 6. The first-order valence-corrected chi connectivity index (χ1v) is 12.1. The molecule has 2 aromatic heterocycles. The molecule has 8 nitrogen and oxygen atoms in total. The minimum absolute atomic E-state index is 0.138. The summed E-state index contributed by atoms with van der Waals surface area (Å²) in [4.78, 5) is 36.3. The fourth-order valence-electron chi connectivity index (χ4n) is 5.16. The first-order valence-electron chi connectivity index (χ1n) is 12.1. The molecular formula is C25H32N6O2.